The molecule has 0 aliphatic carbocycles. The Labute approximate surface area is 177 Å². The van der Waals surface area contributed by atoms with Gasteiger partial charge in [0.05, 0.1) is 17.8 Å². The van der Waals surface area contributed by atoms with E-state index in [0.717, 1.165) is 17.1 Å². The highest BCUT2D eigenvalue weighted by molar-refractivity contribution is 7.80. The molecule has 4 rings (SSSR count). The number of hydrogen-bond acceptors (Lipinski definition) is 3. The molecule has 0 bridgehead atoms. The molecule has 1 aromatic carbocycles. The number of aryl methyl sites for hydroxylation is 2. The third kappa shape index (κ3) is 3.78. The van der Waals surface area contributed by atoms with Gasteiger partial charge in [0, 0.05) is 36.9 Å². The Balaban J connectivity index is 1.79. The molecule has 0 unspecified atom stereocenters. The maximum Gasteiger partial charge on any atom is 0.170 e. The first-order valence-electron chi connectivity index (χ1n) is 9.94. The van der Waals surface area contributed by atoms with Crippen molar-refractivity contribution in [1.82, 2.24) is 19.8 Å². The molecule has 29 heavy (non-hydrogen) atoms. The number of pyridine rings is 1. The minimum atomic E-state index is -0.0532. The summed E-state index contributed by atoms with van der Waals surface area (Å²) in [5, 5.41) is 13.6. The number of thiocarbonyl (C=S) groups is 1. The lowest BCUT2D eigenvalue weighted by Gasteiger charge is -2.29. The normalized spacial score (nSPS) is 18.9. The topological polar surface area (TPSA) is 53.3 Å². The number of rotatable bonds is 6. The van der Waals surface area contributed by atoms with Crippen molar-refractivity contribution >= 4 is 17.3 Å². The molecule has 150 valence electrons. The Morgan fingerprint density at radius 3 is 2.69 bits per heavy atom. The van der Waals surface area contributed by atoms with E-state index in [-0.39, 0.29) is 18.7 Å². The first-order valence-corrected chi connectivity index (χ1v) is 10.3. The first-order chi connectivity index (χ1) is 14.1. The van der Waals surface area contributed by atoms with Gasteiger partial charge in [-0.3, -0.25) is 4.98 Å². The standard InChI is InChI=1S/C23H26N4OS/c1-16-9-10-18(15-17(16)2)26-12-5-8-20(26)22-21(19-7-3-4-11-24-19)25-23(29)27(22)13-6-14-28/h3-5,7-12,15,21-22,28H,6,13-14H2,1-2H3,(H,25,29)/t21-,22+/m1/s1. The van der Waals surface area contributed by atoms with Gasteiger partial charge < -0.3 is 19.9 Å². The summed E-state index contributed by atoms with van der Waals surface area (Å²) in [5.41, 5.74) is 5.78. The van der Waals surface area contributed by atoms with Crippen LogP contribution >= 0.6 is 12.2 Å². The Bertz CT molecular complexity index is 1000. The van der Waals surface area contributed by atoms with Crippen LogP contribution in [-0.2, 0) is 0 Å². The van der Waals surface area contributed by atoms with Crippen LogP contribution in [-0.4, -0.2) is 37.8 Å². The first kappa shape index (κ1) is 19.6. The predicted molar refractivity (Wildman–Crippen MR) is 119 cm³/mol. The van der Waals surface area contributed by atoms with Crippen LogP contribution in [0.15, 0.2) is 60.9 Å². The van der Waals surface area contributed by atoms with Gasteiger partial charge in [-0.15, -0.1) is 0 Å². The van der Waals surface area contributed by atoms with Crippen LogP contribution in [0.25, 0.3) is 5.69 Å². The molecule has 0 radical (unpaired) electrons. The predicted octanol–water partition coefficient (Wildman–Crippen LogP) is 3.84. The molecule has 2 aromatic heterocycles. The third-order valence-corrected chi connectivity index (χ3v) is 5.96. The Kier molecular flexibility index (Phi) is 5.65. The molecule has 3 heterocycles. The van der Waals surface area contributed by atoms with Crippen molar-refractivity contribution in [2.75, 3.05) is 13.2 Å². The van der Waals surface area contributed by atoms with Crippen molar-refractivity contribution in [3.63, 3.8) is 0 Å². The zero-order valence-corrected chi connectivity index (χ0v) is 17.6. The van der Waals surface area contributed by atoms with E-state index in [1.807, 2.05) is 24.4 Å². The summed E-state index contributed by atoms with van der Waals surface area (Å²) in [6, 6.07) is 16.6. The van der Waals surface area contributed by atoms with E-state index in [1.165, 1.54) is 11.1 Å². The monoisotopic (exact) mass is 406 g/mol. The maximum atomic E-state index is 9.39. The maximum absolute atomic E-state index is 9.39. The molecule has 0 saturated carbocycles. The summed E-state index contributed by atoms with van der Waals surface area (Å²) in [7, 11) is 0. The van der Waals surface area contributed by atoms with Crippen LogP contribution in [0.4, 0.5) is 0 Å². The Hall–Kier alpha value is -2.70. The summed E-state index contributed by atoms with van der Waals surface area (Å²) in [6.07, 6.45) is 4.58. The number of nitrogens with one attached hydrogen (secondary N) is 1. The average molecular weight is 407 g/mol. The molecule has 1 fully saturated rings. The zero-order chi connectivity index (χ0) is 20.4. The largest absolute Gasteiger partial charge is 0.396 e. The Morgan fingerprint density at radius 2 is 1.97 bits per heavy atom. The molecule has 5 nitrogen and oxygen atoms in total. The van der Waals surface area contributed by atoms with Gasteiger partial charge in [-0.1, -0.05) is 12.1 Å². The molecule has 3 aromatic rings. The lowest BCUT2D eigenvalue weighted by Crippen LogP contribution is -2.31. The molecular weight excluding hydrogens is 380 g/mol. The van der Waals surface area contributed by atoms with Crippen LogP contribution in [0.1, 0.15) is 41.0 Å². The smallest absolute Gasteiger partial charge is 0.170 e. The molecule has 0 amide bonds. The minimum absolute atomic E-state index is 0.0134. The quantitative estimate of drug-likeness (QED) is 0.609. The van der Waals surface area contributed by atoms with Gasteiger partial charge in [0.2, 0.25) is 0 Å². The molecule has 1 aliphatic heterocycles. The van der Waals surface area contributed by atoms with Gasteiger partial charge in [0.1, 0.15) is 0 Å². The number of aromatic nitrogens is 2. The molecule has 2 atom stereocenters. The van der Waals surface area contributed by atoms with Crippen molar-refractivity contribution in [3.05, 3.63) is 83.4 Å². The van der Waals surface area contributed by atoms with Crippen molar-refractivity contribution in [3.8, 4) is 5.69 Å². The highest BCUT2D eigenvalue weighted by atomic mass is 32.1. The molecular formula is C23H26N4OS. The van der Waals surface area contributed by atoms with Gasteiger partial charge in [-0.25, -0.2) is 0 Å². The van der Waals surface area contributed by atoms with Gasteiger partial charge in [0.15, 0.2) is 5.11 Å². The van der Waals surface area contributed by atoms with E-state index in [4.69, 9.17) is 12.2 Å². The summed E-state index contributed by atoms with van der Waals surface area (Å²) >= 11 is 5.68. The summed E-state index contributed by atoms with van der Waals surface area (Å²) in [6.45, 7) is 5.09. The van der Waals surface area contributed by atoms with Gasteiger partial charge in [-0.2, -0.15) is 0 Å². The van der Waals surface area contributed by atoms with Crippen LogP contribution in [0.3, 0.4) is 0 Å². The minimum Gasteiger partial charge on any atom is -0.396 e. The fourth-order valence-corrected chi connectivity index (χ4v) is 4.29. The van der Waals surface area contributed by atoms with Gasteiger partial charge in [-0.05, 0) is 80.0 Å². The second-order valence-corrected chi connectivity index (χ2v) is 7.86. The van der Waals surface area contributed by atoms with E-state index in [1.54, 1.807) is 0 Å². The fraction of sp³-hybridized carbons (Fsp3) is 0.304. The van der Waals surface area contributed by atoms with Crippen LogP contribution in [0.2, 0.25) is 0 Å². The van der Waals surface area contributed by atoms with Crippen LogP contribution in [0.5, 0.6) is 0 Å². The lowest BCUT2D eigenvalue weighted by molar-refractivity contribution is 0.245. The molecule has 1 aliphatic rings. The van der Waals surface area contributed by atoms with Gasteiger partial charge >= 0.3 is 0 Å². The summed E-state index contributed by atoms with van der Waals surface area (Å²) in [5.74, 6) is 0. The number of benzene rings is 1. The number of hydrogen-bond donors (Lipinski definition) is 2. The van der Waals surface area contributed by atoms with Crippen LogP contribution < -0.4 is 5.32 Å². The van der Waals surface area contributed by atoms with Crippen molar-refractivity contribution < 1.29 is 5.11 Å². The van der Waals surface area contributed by atoms with Gasteiger partial charge in [0.25, 0.3) is 0 Å². The number of aliphatic hydroxyl groups is 1. The highest BCUT2D eigenvalue weighted by Crippen LogP contribution is 2.39. The van der Waals surface area contributed by atoms with Crippen LogP contribution in [0, 0.1) is 13.8 Å². The van der Waals surface area contributed by atoms with Crippen molar-refractivity contribution in [1.29, 1.82) is 0 Å². The molecule has 2 N–H and O–H groups in total. The van der Waals surface area contributed by atoms with E-state index in [2.05, 4.69) is 70.1 Å². The zero-order valence-electron chi connectivity index (χ0n) is 16.7. The average Bonchev–Trinajstić information content (AvgIpc) is 3.33. The molecule has 6 heteroatoms. The summed E-state index contributed by atoms with van der Waals surface area (Å²) in [4.78, 5) is 6.77. The number of nitrogens with zero attached hydrogens (tertiary/aromatic N) is 3. The van der Waals surface area contributed by atoms with Crippen molar-refractivity contribution in [2.45, 2.75) is 32.4 Å². The number of aliphatic hydroxyl groups excluding tert-OH is 1. The Morgan fingerprint density at radius 1 is 1.10 bits per heavy atom. The lowest BCUT2D eigenvalue weighted by atomic mass is 10.0. The molecule has 1 saturated heterocycles. The van der Waals surface area contributed by atoms with E-state index in [0.29, 0.717) is 18.1 Å². The van der Waals surface area contributed by atoms with Crippen molar-refractivity contribution in [2.24, 2.45) is 0 Å². The molecule has 0 spiro atoms. The van der Waals surface area contributed by atoms with E-state index < -0.39 is 0 Å². The van der Waals surface area contributed by atoms with E-state index in [9.17, 15) is 5.11 Å². The second-order valence-electron chi connectivity index (χ2n) is 7.47. The SMILES string of the molecule is Cc1ccc(-n2cccc2[C@H]2[C@@H](c3ccccn3)NC(=S)N2CCCO)cc1C. The second kappa shape index (κ2) is 8.35. The highest BCUT2D eigenvalue weighted by Gasteiger charge is 2.40. The summed E-state index contributed by atoms with van der Waals surface area (Å²) < 4.78 is 2.23. The van der Waals surface area contributed by atoms with E-state index >= 15 is 0 Å². The third-order valence-electron chi connectivity index (χ3n) is 5.61. The fourth-order valence-electron chi connectivity index (χ4n) is 3.95.